The minimum atomic E-state index is -0.512. The Morgan fingerprint density at radius 3 is 2.50 bits per heavy atom. The lowest BCUT2D eigenvalue weighted by molar-refractivity contribution is 0.0993. The molecule has 3 heteroatoms. The van der Waals surface area contributed by atoms with Gasteiger partial charge in [0.2, 0.25) is 0 Å². The van der Waals surface area contributed by atoms with E-state index in [2.05, 4.69) is 0 Å². The van der Waals surface area contributed by atoms with Crippen molar-refractivity contribution < 1.29 is 9.47 Å². The van der Waals surface area contributed by atoms with Crippen LogP contribution in [0.5, 0.6) is 5.75 Å². The zero-order valence-electron chi connectivity index (χ0n) is 10.3. The highest BCUT2D eigenvalue weighted by Gasteiger charge is 2.24. The van der Waals surface area contributed by atoms with Gasteiger partial charge < -0.3 is 15.2 Å². The standard InChI is InChI=1S/C13H21NO2/c1-4-15-10-13(3,14)11-8-6-7-9-12(11)16-5-2/h6-9H,4-5,10,14H2,1-3H3. The molecule has 1 rings (SSSR count). The van der Waals surface area contributed by atoms with Crippen molar-refractivity contribution in [2.75, 3.05) is 19.8 Å². The Hall–Kier alpha value is -1.06. The van der Waals surface area contributed by atoms with E-state index >= 15 is 0 Å². The quantitative estimate of drug-likeness (QED) is 0.804. The summed E-state index contributed by atoms with van der Waals surface area (Å²) >= 11 is 0. The largest absolute Gasteiger partial charge is 0.494 e. The Kier molecular flexibility index (Phi) is 4.77. The van der Waals surface area contributed by atoms with Crippen LogP contribution in [0.25, 0.3) is 0 Å². The van der Waals surface area contributed by atoms with Gasteiger partial charge in [-0.3, -0.25) is 0 Å². The molecule has 90 valence electrons. The molecule has 0 radical (unpaired) electrons. The molecule has 1 unspecified atom stereocenters. The lowest BCUT2D eigenvalue weighted by Crippen LogP contribution is -2.38. The van der Waals surface area contributed by atoms with Gasteiger partial charge in [-0.1, -0.05) is 18.2 Å². The van der Waals surface area contributed by atoms with E-state index in [9.17, 15) is 0 Å². The van der Waals surface area contributed by atoms with Gasteiger partial charge in [0.1, 0.15) is 5.75 Å². The third-order valence-corrected chi connectivity index (χ3v) is 2.41. The summed E-state index contributed by atoms with van der Waals surface area (Å²) in [4.78, 5) is 0. The highest BCUT2D eigenvalue weighted by molar-refractivity contribution is 5.38. The molecular weight excluding hydrogens is 202 g/mol. The zero-order valence-corrected chi connectivity index (χ0v) is 10.3. The van der Waals surface area contributed by atoms with Crippen molar-refractivity contribution >= 4 is 0 Å². The van der Waals surface area contributed by atoms with E-state index in [1.807, 2.05) is 45.0 Å². The van der Waals surface area contributed by atoms with Crippen LogP contribution in [0.15, 0.2) is 24.3 Å². The van der Waals surface area contributed by atoms with E-state index in [-0.39, 0.29) is 0 Å². The maximum Gasteiger partial charge on any atom is 0.124 e. The number of ether oxygens (including phenoxy) is 2. The SMILES string of the molecule is CCOCC(C)(N)c1ccccc1OCC. The molecule has 0 spiro atoms. The van der Waals surface area contributed by atoms with Crippen LogP contribution in [0.3, 0.4) is 0 Å². The first-order valence-electron chi connectivity index (χ1n) is 5.70. The van der Waals surface area contributed by atoms with Gasteiger partial charge >= 0.3 is 0 Å². The molecule has 0 aliphatic carbocycles. The van der Waals surface area contributed by atoms with Crippen LogP contribution < -0.4 is 10.5 Å². The second-order valence-corrected chi connectivity index (χ2v) is 3.98. The van der Waals surface area contributed by atoms with Gasteiger partial charge in [-0.15, -0.1) is 0 Å². The fraction of sp³-hybridized carbons (Fsp3) is 0.538. The molecule has 1 atom stereocenters. The number of hydrogen-bond donors (Lipinski definition) is 1. The van der Waals surface area contributed by atoms with Gasteiger partial charge in [0.15, 0.2) is 0 Å². The van der Waals surface area contributed by atoms with Crippen molar-refractivity contribution in [1.29, 1.82) is 0 Å². The zero-order chi connectivity index (χ0) is 12.0. The topological polar surface area (TPSA) is 44.5 Å². The van der Waals surface area contributed by atoms with E-state index in [1.54, 1.807) is 0 Å². The minimum Gasteiger partial charge on any atom is -0.494 e. The predicted octanol–water partition coefficient (Wildman–Crippen LogP) is 2.30. The van der Waals surface area contributed by atoms with Crippen molar-refractivity contribution in [3.8, 4) is 5.75 Å². The Morgan fingerprint density at radius 2 is 1.88 bits per heavy atom. The molecule has 16 heavy (non-hydrogen) atoms. The minimum absolute atomic E-state index is 0.494. The summed E-state index contributed by atoms with van der Waals surface area (Å²) in [7, 11) is 0. The van der Waals surface area contributed by atoms with E-state index in [4.69, 9.17) is 15.2 Å². The summed E-state index contributed by atoms with van der Waals surface area (Å²) < 4.78 is 11.0. The molecule has 0 aromatic heterocycles. The van der Waals surface area contributed by atoms with E-state index in [0.717, 1.165) is 11.3 Å². The molecule has 0 heterocycles. The van der Waals surface area contributed by atoms with E-state index in [1.165, 1.54) is 0 Å². The Bertz CT molecular complexity index is 323. The number of hydrogen-bond acceptors (Lipinski definition) is 3. The molecule has 0 bridgehead atoms. The molecule has 0 aliphatic rings. The smallest absolute Gasteiger partial charge is 0.124 e. The second-order valence-electron chi connectivity index (χ2n) is 3.98. The third-order valence-electron chi connectivity index (χ3n) is 2.41. The highest BCUT2D eigenvalue weighted by Crippen LogP contribution is 2.28. The van der Waals surface area contributed by atoms with Crippen LogP contribution in [0.4, 0.5) is 0 Å². The van der Waals surface area contributed by atoms with E-state index in [0.29, 0.717) is 19.8 Å². The lowest BCUT2D eigenvalue weighted by Gasteiger charge is -2.26. The second kappa shape index (κ2) is 5.87. The Labute approximate surface area is 97.6 Å². The van der Waals surface area contributed by atoms with Gasteiger partial charge in [-0.2, -0.15) is 0 Å². The highest BCUT2D eigenvalue weighted by atomic mass is 16.5. The van der Waals surface area contributed by atoms with Crippen molar-refractivity contribution in [3.05, 3.63) is 29.8 Å². The maximum absolute atomic E-state index is 6.25. The van der Waals surface area contributed by atoms with Gasteiger partial charge in [-0.05, 0) is 26.8 Å². The maximum atomic E-state index is 6.25. The molecule has 0 saturated heterocycles. The van der Waals surface area contributed by atoms with Crippen LogP contribution in [-0.4, -0.2) is 19.8 Å². The average molecular weight is 223 g/mol. The first-order chi connectivity index (χ1) is 7.61. The molecular formula is C13H21NO2. The fourth-order valence-corrected chi connectivity index (χ4v) is 1.61. The van der Waals surface area contributed by atoms with Crippen LogP contribution >= 0.6 is 0 Å². The molecule has 0 fully saturated rings. The van der Waals surface area contributed by atoms with E-state index < -0.39 is 5.54 Å². The van der Waals surface area contributed by atoms with Gasteiger partial charge in [-0.25, -0.2) is 0 Å². The van der Waals surface area contributed by atoms with Crippen molar-refractivity contribution in [3.63, 3.8) is 0 Å². The molecule has 1 aromatic carbocycles. The Morgan fingerprint density at radius 1 is 1.19 bits per heavy atom. The first-order valence-corrected chi connectivity index (χ1v) is 5.70. The first kappa shape index (κ1) is 13.0. The van der Waals surface area contributed by atoms with Crippen molar-refractivity contribution in [1.82, 2.24) is 0 Å². The third kappa shape index (κ3) is 3.22. The summed E-state index contributed by atoms with van der Waals surface area (Å²) in [5, 5.41) is 0. The van der Waals surface area contributed by atoms with Crippen LogP contribution in [0.1, 0.15) is 26.3 Å². The summed E-state index contributed by atoms with van der Waals surface area (Å²) in [5.41, 5.74) is 6.73. The lowest BCUT2D eigenvalue weighted by atomic mass is 9.93. The molecule has 1 aromatic rings. The fourth-order valence-electron chi connectivity index (χ4n) is 1.61. The monoisotopic (exact) mass is 223 g/mol. The van der Waals surface area contributed by atoms with Gasteiger partial charge in [0.25, 0.3) is 0 Å². The molecule has 0 amide bonds. The number of para-hydroxylation sites is 1. The summed E-state index contributed by atoms with van der Waals surface area (Å²) in [5.74, 6) is 0.842. The summed E-state index contributed by atoms with van der Waals surface area (Å²) in [6.07, 6.45) is 0. The van der Waals surface area contributed by atoms with Crippen molar-refractivity contribution in [2.45, 2.75) is 26.3 Å². The van der Waals surface area contributed by atoms with Crippen LogP contribution in [0, 0.1) is 0 Å². The van der Waals surface area contributed by atoms with Crippen LogP contribution in [-0.2, 0) is 10.3 Å². The number of nitrogens with two attached hydrogens (primary N) is 1. The predicted molar refractivity (Wildman–Crippen MR) is 65.6 cm³/mol. The molecule has 0 saturated carbocycles. The average Bonchev–Trinajstić information content (AvgIpc) is 2.27. The molecule has 2 N–H and O–H groups in total. The molecule has 3 nitrogen and oxygen atoms in total. The number of benzene rings is 1. The molecule has 0 aliphatic heterocycles. The van der Waals surface area contributed by atoms with Crippen molar-refractivity contribution in [2.24, 2.45) is 5.73 Å². The number of rotatable bonds is 6. The van der Waals surface area contributed by atoms with Gasteiger partial charge in [0.05, 0.1) is 18.8 Å². The summed E-state index contributed by atoms with van der Waals surface area (Å²) in [6.45, 7) is 7.69. The normalized spacial score (nSPS) is 14.5. The van der Waals surface area contributed by atoms with Gasteiger partial charge in [0, 0.05) is 12.2 Å². The summed E-state index contributed by atoms with van der Waals surface area (Å²) in [6, 6.07) is 7.85. The van der Waals surface area contributed by atoms with Crippen LogP contribution in [0.2, 0.25) is 0 Å². The Balaban J connectivity index is 2.91.